The minimum atomic E-state index is -0.119. The summed E-state index contributed by atoms with van der Waals surface area (Å²) in [5.41, 5.74) is 9.95. The van der Waals surface area contributed by atoms with E-state index in [0.29, 0.717) is 40.4 Å². The number of fused-ring (bicyclic) bond motifs is 1. The first-order chi connectivity index (χ1) is 16.1. The lowest BCUT2D eigenvalue weighted by atomic mass is 10.0. The Bertz CT molecular complexity index is 1420. The molecule has 0 amide bonds. The Balaban J connectivity index is 1.67. The summed E-state index contributed by atoms with van der Waals surface area (Å²) in [6.45, 7) is 1.63. The van der Waals surface area contributed by atoms with Crippen molar-refractivity contribution in [2.75, 3.05) is 18.2 Å². The van der Waals surface area contributed by atoms with E-state index in [-0.39, 0.29) is 12.6 Å². The Kier molecular flexibility index (Phi) is 5.07. The molecule has 3 aromatic heterocycles. The molecule has 0 aliphatic rings. The van der Waals surface area contributed by atoms with Crippen LogP contribution in [0.15, 0.2) is 48.7 Å². The van der Waals surface area contributed by atoms with Gasteiger partial charge in [0.1, 0.15) is 17.4 Å². The van der Waals surface area contributed by atoms with Crippen molar-refractivity contribution < 1.29 is 9.84 Å². The van der Waals surface area contributed by atoms with Crippen molar-refractivity contribution in [3.05, 3.63) is 60.0 Å². The summed E-state index contributed by atoms with van der Waals surface area (Å²) in [6.07, 6.45) is 1.64. The first kappa shape index (κ1) is 20.4. The molecule has 0 saturated heterocycles. The first-order valence-electron chi connectivity index (χ1n) is 10.1. The summed E-state index contributed by atoms with van der Waals surface area (Å²) in [6, 6.07) is 13.3. The van der Waals surface area contributed by atoms with Gasteiger partial charge in [-0.15, -0.1) is 0 Å². The molecule has 0 atom stereocenters. The van der Waals surface area contributed by atoms with Gasteiger partial charge in [-0.2, -0.15) is 20.1 Å². The fraction of sp³-hybridized carbons (Fsp3) is 0.136. The Hall–Kier alpha value is -4.51. The van der Waals surface area contributed by atoms with Gasteiger partial charge >= 0.3 is 0 Å². The molecule has 11 nitrogen and oxygen atoms in total. The van der Waals surface area contributed by atoms with Crippen LogP contribution in [0, 0.1) is 6.92 Å². The number of aromatic nitrogens is 7. The van der Waals surface area contributed by atoms with Crippen molar-refractivity contribution in [2.24, 2.45) is 0 Å². The van der Waals surface area contributed by atoms with Gasteiger partial charge in [0.15, 0.2) is 0 Å². The summed E-state index contributed by atoms with van der Waals surface area (Å²) in [5, 5.41) is 19.7. The van der Waals surface area contributed by atoms with Crippen LogP contribution in [0.5, 0.6) is 5.75 Å². The van der Waals surface area contributed by atoms with E-state index >= 15 is 0 Å². The van der Waals surface area contributed by atoms with Gasteiger partial charge in [0.05, 0.1) is 30.9 Å². The standard InChI is InChI=1S/C22H21N9O2/c1-12-25-20(23)29-21(26-12)31-17-5-3-14(13-4-6-18(33-2)15(9-13)11-32)10-16(17)27-22(31)28-19-7-8-24-30-19/h3-10,32H,11H2,1-2H3,(H2,23,25,26,29)(H2,24,27,28,30). The van der Waals surface area contributed by atoms with E-state index in [2.05, 4.69) is 30.5 Å². The Labute approximate surface area is 188 Å². The molecule has 5 aromatic rings. The predicted octanol–water partition coefficient (Wildman–Crippen LogP) is 2.74. The molecule has 3 heterocycles. The smallest absolute Gasteiger partial charge is 0.242 e. The van der Waals surface area contributed by atoms with Gasteiger partial charge in [0, 0.05) is 11.6 Å². The quantitative estimate of drug-likeness (QED) is 0.310. The summed E-state index contributed by atoms with van der Waals surface area (Å²) in [7, 11) is 1.58. The Morgan fingerprint density at radius 3 is 2.61 bits per heavy atom. The van der Waals surface area contributed by atoms with Crippen LogP contribution in [0.4, 0.5) is 17.7 Å². The minimum absolute atomic E-state index is 0.119. The summed E-state index contributed by atoms with van der Waals surface area (Å²) in [4.78, 5) is 17.6. The SMILES string of the molecule is COc1ccc(-c2ccc3c(c2)nc(Nc2ccn[nH]2)n3-c2nc(C)nc(N)n2)cc1CO. The van der Waals surface area contributed by atoms with Gasteiger partial charge in [-0.25, -0.2) is 9.55 Å². The van der Waals surface area contributed by atoms with E-state index in [4.69, 9.17) is 15.5 Å². The van der Waals surface area contributed by atoms with Crippen LogP contribution in [0.3, 0.4) is 0 Å². The van der Waals surface area contributed by atoms with Gasteiger partial charge in [-0.3, -0.25) is 5.10 Å². The number of benzene rings is 2. The lowest BCUT2D eigenvalue weighted by Crippen LogP contribution is -2.10. The average molecular weight is 443 g/mol. The van der Waals surface area contributed by atoms with Crippen molar-refractivity contribution in [1.29, 1.82) is 0 Å². The van der Waals surface area contributed by atoms with E-state index in [9.17, 15) is 5.11 Å². The number of methoxy groups -OCH3 is 1. The third-order valence-electron chi connectivity index (χ3n) is 5.14. The molecule has 11 heteroatoms. The maximum absolute atomic E-state index is 9.68. The van der Waals surface area contributed by atoms with Crippen molar-refractivity contribution >= 4 is 28.7 Å². The second kappa shape index (κ2) is 8.20. The fourth-order valence-electron chi connectivity index (χ4n) is 3.66. The third-order valence-corrected chi connectivity index (χ3v) is 5.14. The molecule has 5 rings (SSSR count). The van der Waals surface area contributed by atoms with Crippen molar-refractivity contribution in [3.63, 3.8) is 0 Å². The normalized spacial score (nSPS) is 11.1. The number of nitrogens with two attached hydrogens (primary N) is 1. The second-order valence-electron chi connectivity index (χ2n) is 7.30. The third kappa shape index (κ3) is 3.81. The number of nitrogens with one attached hydrogen (secondary N) is 2. The van der Waals surface area contributed by atoms with E-state index in [1.807, 2.05) is 36.4 Å². The molecule has 0 aliphatic heterocycles. The average Bonchev–Trinajstić information content (AvgIpc) is 3.45. The number of aliphatic hydroxyl groups is 1. The molecule has 0 saturated carbocycles. The highest BCUT2D eigenvalue weighted by Crippen LogP contribution is 2.31. The maximum atomic E-state index is 9.68. The van der Waals surface area contributed by atoms with Gasteiger partial charge in [-0.05, 0) is 42.3 Å². The Morgan fingerprint density at radius 1 is 1.06 bits per heavy atom. The molecule has 0 radical (unpaired) electrons. The zero-order chi connectivity index (χ0) is 22.9. The number of aliphatic hydroxyl groups excluding tert-OH is 1. The monoisotopic (exact) mass is 443 g/mol. The van der Waals surface area contributed by atoms with Crippen molar-refractivity contribution in [3.8, 4) is 22.8 Å². The highest BCUT2D eigenvalue weighted by atomic mass is 16.5. The van der Waals surface area contributed by atoms with E-state index in [1.54, 1.807) is 30.9 Å². The number of rotatable bonds is 6. The maximum Gasteiger partial charge on any atom is 0.242 e. The van der Waals surface area contributed by atoms with Gasteiger partial charge in [-0.1, -0.05) is 12.1 Å². The number of nitrogen functional groups attached to an aromatic ring is 1. The molecule has 33 heavy (non-hydrogen) atoms. The first-order valence-corrected chi connectivity index (χ1v) is 10.1. The molecule has 2 aromatic carbocycles. The number of nitrogens with zero attached hydrogens (tertiary/aromatic N) is 6. The number of aromatic amines is 1. The van der Waals surface area contributed by atoms with Crippen LogP contribution in [0.1, 0.15) is 11.4 Å². The molecule has 0 bridgehead atoms. The number of anilines is 3. The van der Waals surface area contributed by atoms with E-state index in [0.717, 1.165) is 16.6 Å². The minimum Gasteiger partial charge on any atom is -0.496 e. The number of ether oxygens (including phenoxy) is 1. The molecular formula is C22H21N9O2. The van der Waals surface area contributed by atoms with Crippen LogP contribution >= 0.6 is 0 Å². The predicted molar refractivity (Wildman–Crippen MR) is 123 cm³/mol. The highest BCUT2D eigenvalue weighted by Gasteiger charge is 2.17. The highest BCUT2D eigenvalue weighted by molar-refractivity contribution is 5.86. The van der Waals surface area contributed by atoms with Crippen LogP contribution in [-0.4, -0.2) is 46.9 Å². The molecule has 0 aliphatic carbocycles. The van der Waals surface area contributed by atoms with E-state index in [1.165, 1.54) is 0 Å². The number of imidazole rings is 1. The number of hydrogen-bond donors (Lipinski definition) is 4. The lowest BCUT2D eigenvalue weighted by molar-refractivity contribution is 0.274. The Morgan fingerprint density at radius 2 is 1.88 bits per heavy atom. The number of aryl methyl sites for hydroxylation is 1. The summed E-state index contributed by atoms with van der Waals surface area (Å²) >= 11 is 0. The zero-order valence-electron chi connectivity index (χ0n) is 17.9. The van der Waals surface area contributed by atoms with Gasteiger partial charge < -0.3 is 20.9 Å². The van der Waals surface area contributed by atoms with Crippen LogP contribution < -0.4 is 15.8 Å². The number of hydrogen-bond acceptors (Lipinski definition) is 9. The zero-order valence-corrected chi connectivity index (χ0v) is 17.9. The van der Waals surface area contributed by atoms with Crippen molar-refractivity contribution in [1.82, 2.24) is 34.7 Å². The summed E-state index contributed by atoms with van der Waals surface area (Å²) in [5.74, 6) is 2.76. The molecule has 0 fully saturated rings. The largest absolute Gasteiger partial charge is 0.496 e. The fourth-order valence-corrected chi connectivity index (χ4v) is 3.66. The molecule has 166 valence electrons. The van der Waals surface area contributed by atoms with Crippen LogP contribution in [-0.2, 0) is 6.61 Å². The summed E-state index contributed by atoms with van der Waals surface area (Å²) < 4.78 is 7.09. The molecular weight excluding hydrogens is 422 g/mol. The molecule has 5 N–H and O–H groups in total. The van der Waals surface area contributed by atoms with Crippen LogP contribution in [0.2, 0.25) is 0 Å². The number of H-pyrrole nitrogens is 1. The van der Waals surface area contributed by atoms with Crippen LogP contribution in [0.25, 0.3) is 28.1 Å². The lowest BCUT2D eigenvalue weighted by Gasteiger charge is -2.10. The van der Waals surface area contributed by atoms with E-state index < -0.39 is 0 Å². The topological polar surface area (TPSA) is 153 Å². The molecule has 0 spiro atoms. The van der Waals surface area contributed by atoms with Gasteiger partial charge in [0.2, 0.25) is 17.8 Å². The molecule has 0 unspecified atom stereocenters. The van der Waals surface area contributed by atoms with Gasteiger partial charge in [0.25, 0.3) is 0 Å². The second-order valence-corrected chi connectivity index (χ2v) is 7.30. The van der Waals surface area contributed by atoms with Crippen molar-refractivity contribution in [2.45, 2.75) is 13.5 Å².